The normalized spacial score (nSPS) is 30.8. The maximum atomic E-state index is 6.15. The Morgan fingerprint density at radius 3 is 2.73 bits per heavy atom. The smallest absolute Gasteiger partial charge is 0.0687 e. The molecule has 1 aromatic carbocycles. The van der Waals surface area contributed by atoms with Gasteiger partial charge < -0.3 is 0 Å². The number of hydrogen-bond donors (Lipinski definition) is 0. The number of aliphatic imine (C=N–C) groups is 1. The van der Waals surface area contributed by atoms with E-state index in [9.17, 15) is 0 Å². The van der Waals surface area contributed by atoms with Crippen LogP contribution in [0.25, 0.3) is 0 Å². The lowest BCUT2D eigenvalue weighted by atomic mass is 9.69. The highest BCUT2D eigenvalue weighted by atomic mass is 35.5. The molecule has 0 radical (unpaired) electrons. The average Bonchev–Trinajstić information content (AvgIpc) is 2.51. The maximum absolute atomic E-state index is 6.15. The number of benzene rings is 1. The zero-order chi connectivity index (χ0) is 15.9. The van der Waals surface area contributed by atoms with Crippen molar-refractivity contribution in [2.75, 3.05) is 0 Å². The Bertz CT molecular complexity index is 668. The van der Waals surface area contributed by atoms with E-state index in [-0.39, 0.29) is 5.54 Å². The van der Waals surface area contributed by atoms with Crippen LogP contribution in [-0.4, -0.2) is 11.3 Å². The maximum Gasteiger partial charge on any atom is 0.0687 e. The molecule has 2 heteroatoms. The predicted molar refractivity (Wildman–Crippen MR) is 95.8 cm³/mol. The molecular formula is C20H24ClN. The van der Waals surface area contributed by atoms with Crippen LogP contribution in [0.3, 0.4) is 0 Å². The second-order valence-corrected chi connectivity index (χ2v) is 7.46. The zero-order valence-electron chi connectivity index (χ0n) is 13.8. The number of allylic oxidation sites excluding steroid dienone is 4. The molecule has 3 rings (SSSR count). The van der Waals surface area contributed by atoms with Crippen molar-refractivity contribution in [2.45, 2.75) is 45.6 Å². The van der Waals surface area contributed by atoms with E-state index in [4.69, 9.17) is 16.6 Å². The summed E-state index contributed by atoms with van der Waals surface area (Å²) in [6.45, 7) is 9.09. The van der Waals surface area contributed by atoms with Crippen LogP contribution in [0.1, 0.15) is 51.2 Å². The summed E-state index contributed by atoms with van der Waals surface area (Å²) in [5, 5.41) is 0.836. The van der Waals surface area contributed by atoms with Crippen molar-refractivity contribution >= 4 is 17.3 Å². The van der Waals surface area contributed by atoms with Crippen molar-refractivity contribution in [3.05, 3.63) is 58.7 Å². The van der Waals surface area contributed by atoms with Gasteiger partial charge >= 0.3 is 0 Å². The third-order valence-electron chi connectivity index (χ3n) is 5.46. The highest BCUT2D eigenvalue weighted by molar-refractivity contribution is 6.31. The van der Waals surface area contributed by atoms with Crippen LogP contribution < -0.4 is 0 Å². The van der Waals surface area contributed by atoms with Crippen molar-refractivity contribution in [1.82, 2.24) is 0 Å². The number of halogens is 1. The topological polar surface area (TPSA) is 12.4 Å². The Morgan fingerprint density at radius 1 is 1.32 bits per heavy atom. The molecule has 3 atom stereocenters. The highest BCUT2D eigenvalue weighted by Gasteiger charge is 2.44. The van der Waals surface area contributed by atoms with Crippen molar-refractivity contribution in [3.8, 4) is 0 Å². The van der Waals surface area contributed by atoms with Gasteiger partial charge in [0.2, 0.25) is 0 Å². The molecule has 0 spiro atoms. The molecule has 0 saturated carbocycles. The molecule has 2 aliphatic rings. The Labute approximate surface area is 138 Å². The minimum atomic E-state index is 0.0854. The highest BCUT2D eigenvalue weighted by Crippen LogP contribution is 2.41. The van der Waals surface area contributed by atoms with Gasteiger partial charge in [-0.25, -0.2) is 0 Å². The summed E-state index contributed by atoms with van der Waals surface area (Å²) in [5.41, 5.74) is 3.93. The standard InChI is InChI=1S/C20H24ClN/c1-13(2)20(4)14(3)19(22-20)17-9-5-7-15(11-17)16-8-6-10-18(21)12-16/h5-7,9-14,16H,8H2,1-4H3. The molecule has 0 bridgehead atoms. The zero-order valence-corrected chi connectivity index (χ0v) is 14.6. The number of hydrogen-bond acceptors (Lipinski definition) is 1. The van der Waals surface area contributed by atoms with E-state index in [2.05, 4.69) is 64.1 Å². The molecule has 0 aromatic heterocycles. The van der Waals surface area contributed by atoms with Crippen LogP contribution in [0.5, 0.6) is 0 Å². The minimum Gasteiger partial charge on any atom is -0.281 e. The Balaban J connectivity index is 1.89. The number of nitrogens with zero attached hydrogens (tertiary/aromatic N) is 1. The van der Waals surface area contributed by atoms with Crippen molar-refractivity contribution in [1.29, 1.82) is 0 Å². The minimum absolute atomic E-state index is 0.0854. The molecule has 1 aliphatic carbocycles. The molecule has 22 heavy (non-hydrogen) atoms. The average molecular weight is 314 g/mol. The van der Waals surface area contributed by atoms with Gasteiger partial charge in [0.05, 0.1) is 5.54 Å². The van der Waals surface area contributed by atoms with Gasteiger partial charge in [0.1, 0.15) is 0 Å². The van der Waals surface area contributed by atoms with E-state index in [0.717, 1.165) is 11.5 Å². The summed E-state index contributed by atoms with van der Waals surface area (Å²) in [7, 11) is 0. The van der Waals surface area contributed by atoms with Gasteiger partial charge in [0, 0.05) is 22.6 Å². The first kappa shape index (κ1) is 15.6. The first-order valence-corrected chi connectivity index (χ1v) is 8.53. The van der Waals surface area contributed by atoms with Gasteiger partial charge in [-0.3, -0.25) is 4.99 Å². The molecule has 0 amide bonds. The van der Waals surface area contributed by atoms with E-state index < -0.39 is 0 Å². The summed E-state index contributed by atoms with van der Waals surface area (Å²) in [6.07, 6.45) is 7.30. The van der Waals surface area contributed by atoms with Crippen LogP contribution in [0.2, 0.25) is 0 Å². The van der Waals surface area contributed by atoms with E-state index in [1.165, 1.54) is 16.8 Å². The van der Waals surface area contributed by atoms with Crippen molar-refractivity contribution < 1.29 is 0 Å². The van der Waals surface area contributed by atoms with Crippen LogP contribution in [0.4, 0.5) is 0 Å². The molecule has 1 aromatic rings. The molecule has 0 saturated heterocycles. The van der Waals surface area contributed by atoms with E-state index in [0.29, 0.717) is 17.8 Å². The van der Waals surface area contributed by atoms with E-state index in [1.807, 2.05) is 6.08 Å². The summed E-state index contributed by atoms with van der Waals surface area (Å²) >= 11 is 6.15. The fourth-order valence-corrected chi connectivity index (χ4v) is 3.65. The van der Waals surface area contributed by atoms with E-state index >= 15 is 0 Å². The molecule has 0 fully saturated rings. The lowest BCUT2D eigenvalue weighted by Gasteiger charge is -2.45. The Kier molecular flexibility index (Phi) is 4.03. The van der Waals surface area contributed by atoms with Gasteiger partial charge in [0.25, 0.3) is 0 Å². The first-order chi connectivity index (χ1) is 10.4. The lowest BCUT2D eigenvalue weighted by molar-refractivity contribution is 0.253. The second-order valence-electron chi connectivity index (χ2n) is 7.02. The molecule has 116 valence electrons. The van der Waals surface area contributed by atoms with Gasteiger partial charge in [0.15, 0.2) is 0 Å². The number of rotatable bonds is 3. The fourth-order valence-electron chi connectivity index (χ4n) is 3.41. The van der Waals surface area contributed by atoms with Gasteiger partial charge in [-0.2, -0.15) is 0 Å². The van der Waals surface area contributed by atoms with Crippen molar-refractivity contribution in [2.24, 2.45) is 16.8 Å². The molecule has 3 unspecified atom stereocenters. The van der Waals surface area contributed by atoms with Gasteiger partial charge in [-0.15, -0.1) is 0 Å². The summed E-state index contributed by atoms with van der Waals surface area (Å²) in [4.78, 5) is 4.97. The second kappa shape index (κ2) is 5.70. The molecule has 0 N–H and O–H groups in total. The first-order valence-electron chi connectivity index (χ1n) is 8.15. The quantitative estimate of drug-likeness (QED) is 0.678. The third kappa shape index (κ3) is 2.56. The van der Waals surface area contributed by atoms with Crippen molar-refractivity contribution in [3.63, 3.8) is 0 Å². The van der Waals surface area contributed by atoms with Crippen LogP contribution in [0.15, 0.2) is 52.5 Å². The van der Waals surface area contributed by atoms with Crippen LogP contribution in [0, 0.1) is 11.8 Å². The third-order valence-corrected chi connectivity index (χ3v) is 5.71. The predicted octanol–water partition coefficient (Wildman–Crippen LogP) is 5.71. The summed E-state index contributed by atoms with van der Waals surface area (Å²) < 4.78 is 0. The van der Waals surface area contributed by atoms with E-state index in [1.54, 1.807) is 0 Å². The van der Waals surface area contributed by atoms with Gasteiger partial charge in [-0.05, 0) is 42.5 Å². The summed E-state index contributed by atoms with van der Waals surface area (Å²) in [6, 6.07) is 8.81. The molecule has 1 aliphatic heterocycles. The van der Waals surface area contributed by atoms with Crippen LogP contribution >= 0.6 is 11.6 Å². The summed E-state index contributed by atoms with van der Waals surface area (Å²) in [5.74, 6) is 1.46. The Hall–Kier alpha value is -1.34. The monoisotopic (exact) mass is 313 g/mol. The lowest BCUT2D eigenvalue weighted by Crippen LogP contribution is -2.50. The SMILES string of the molecule is CC(C)C1(C)N=C(c2cccc(C3C=C(Cl)C=CC3)c2)C1C. The van der Waals surface area contributed by atoms with Gasteiger partial charge in [-0.1, -0.05) is 62.7 Å². The Morgan fingerprint density at radius 2 is 2.09 bits per heavy atom. The molecule has 1 nitrogen and oxygen atoms in total. The molecule has 1 heterocycles. The van der Waals surface area contributed by atoms with Crippen LogP contribution in [-0.2, 0) is 0 Å². The largest absolute Gasteiger partial charge is 0.281 e. The fraction of sp³-hybridized carbons (Fsp3) is 0.450. The molecular weight excluding hydrogens is 290 g/mol.